The summed E-state index contributed by atoms with van der Waals surface area (Å²) in [5.74, 6) is 0.391. The highest BCUT2D eigenvalue weighted by atomic mass is 16.2. The van der Waals surface area contributed by atoms with E-state index in [0.717, 1.165) is 38.8 Å². The van der Waals surface area contributed by atoms with Crippen molar-refractivity contribution in [3.05, 3.63) is 0 Å². The molecule has 1 heterocycles. The molecule has 2 aliphatic rings. The quantitative estimate of drug-likeness (QED) is 0.799. The molecule has 2 fully saturated rings. The Hall–Kier alpha value is -0.570. The molecule has 17 heavy (non-hydrogen) atoms. The highest BCUT2D eigenvalue weighted by Crippen LogP contribution is 2.39. The van der Waals surface area contributed by atoms with Gasteiger partial charge in [0.25, 0.3) is 0 Å². The van der Waals surface area contributed by atoms with Crippen molar-refractivity contribution in [2.24, 2.45) is 5.41 Å². The van der Waals surface area contributed by atoms with Crippen LogP contribution in [-0.2, 0) is 4.79 Å². The monoisotopic (exact) mass is 238 g/mol. The standard InChI is InChI=1S/C14H26N2O/c1-14(8-3-4-9-14)13(17)16(2)12-6-5-10-15-11-7-12/h12,15H,3-11H2,1-2H3. The summed E-state index contributed by atoms with van der Waals surface area (Å²) in [6.07, 6.45) is 8.08. The van der Waals surface area contributed by atoms with Crippen LogP contribution in [0.4, 0.5) is 0 Å². The molecule has 3 heteroatoms. The number of nitrogens with one attached hydrogen (secondary N) is 1. The summed E-state index contributed by atoms with van der Waals surface area (Å²) in [5.41, 5.74) is -0.0610. The number of nitrogens with zero attached hydrogens (tertiary/aromatic N) is 1. The largest absolute Gasteiger partial charge is 0.342 e. The van der Waals surface area contributed by atoms with E-state index in [4.69, 9.17) is 0 Å². The maximum atomic E-state index is 12.6. The second kappa shape index (κ2) is 5.38. The Kier molecular flexibility index (Phi) is 4.08. The number of carbonyl (C=O) groups is 1. The van der Waals surface area contributed by atoms with Crippen molar-refractivity contribution in [1.29, 1.82) is 0 Å². The summed E-state index contributed by atoms with van der Waals surface area (Å²) in [5, 5.41) is 3.41. The van der Waals surface area contributed by atoms with E-state index in [-0.39, 0.29) is 5.41 Å². The molecule has 0 aromatic heterocycles. The zero-order valence-corrected chi connectivity index (χ0v) is 11.3. The lowest BCUT2D eigenvalue weighted by atomic mass is 9.86. The molecule has 0 spiro atoms. The van der Waals surface area contributed by atoms with E-state index >= 15 is 0 Å². The second-order valence-electron chi connectivity index (χ2n) is 6.02. The molecule has 2 rings (SSSR count). The van der Waals surface area contributed by atoms with Crippen molar-refractivity contribution in [3.8, 4) is 0 Å². The average Bonchev–Trinajstić information content (AvgIpc) is 2.62. The molecule has 0 aromatic carbocycles. The molecular formula is C14H26N2O. The zero-order valence-electron chi connectivity index (χ0n) is 11.3. The summed E-state index contributed by atoms with van der Waals surface area (Å²) < 4.78 is 0. The maximum Gasteiger partial charge on any atom is 0.228 e. The Bertz CT molecular complexity index is 263. The van der Waals surface area contributed by atoms with Crippen LogP contribution in [0.1, 0.15) is 51.9 Å². The van der Waals surface area contributed by atoms with Crippen LogP contribution in [0.25, 0.3) is 0 Å². The van der Waals surface area contributed by atoms with Crippen molar-refractivity contribution in [3.63, 3.8) is 0 Å². The number of hydrogen-bond donors (Lipinski definition) is 1. The van der Waals surface area contributed by atoms with E-state index in [1.807, 2.05) is 7.05 Å². The van der Waals surface area contributed by atoms with Crippen LogP contribution in [0.5, 0.6) is 0 Å². The zero-order chi connectivity index (χ0) is 12.3. The van der Waals surface area contributed by atoms with Gasteiger partial charge in [0.2, 0.25) is 5.91 Å². The number of amides is 1. The minimum Gasteiger partial charge on any atom is -0.342 e. The van der Waals surface area contributed by atoms with Gasteiger partial charge in [0.15, 0.2) is 0 Å². The van der Waals surface area contributed by atoms with Crippen LogP contribution in [0.15, 0.2) is 0 Å². The van der Waals surface area contributed by atoms with E-state index in [9.17, 15) is 4.79 Å². The molecule has 3 nitrogen and oxygen atoms in total. The van der Waals surface area contributed by atoms with Crippen LogP contribution in [-0.4, -0.2) is 37.0 Å². The van der Waals surface area contributed by atoms with Gasteiger partial charge in [0.05, 0.1) is 0 Å². The Morgan fingerprint density at radius 2 is 1.88 bits per heavy atom. The number of hydrogen-bond acceptors (Lipinski definition) is 2. The molecule has 1 aliphatic carbocycles. The minimum absolute atomic E-state index is 0.0610. The molecular weight excluding hydrogens is 212 g/mol. The molecule has 1 N–H and O–H groups in total. The van der Waals surface area contributed by atoms with Crippen molar-refractivity contribution in [2.45, 2.75) is 57.9 Å². The topological polar surface area (TPSA) is 32.3 Å². The molecule has 1 amide bonds. The van der Waals surface area contributed by atoms with Crippen LogP contribution < -0.4 is 5.32 Å². The van der Waals surface area contributed by atoms with Crippen LogP contribution in [0, 0.1) is 5.41 Å². The maximum absolute atomic E-state index is 12.6. The molecule has 0 bridgehead atoms. The summed E-state index contributed by atoms with van der Waals surface area (Å²) in [6.45, 7) is 4.32. The molecule has 0 aromatic rings. The number of rotatable bonds is 2. The first kappa shape index (κ1) is 12.9. The van der Waals surface area contributed by atoms with Gasteiger partial charge in [-0.3, -0.25) is 4.79 Å². The van der Waals surface area contributed by atoms with Crippen molar-refractivity contribution in [2.75, 3.05) is 20.1 Å². The van der Waals surface area contributed by atoms with Crippen LogP contribution in [0.2, 0.25) is 0 Å². The molecule has 1 aliphatic heterocycles. The first-order valence-electron chi connectivity index (χ1n) is 7.11. The number of carbonyl (C=O) groups excluding carboxylic acids is 1. The Labute approximate surface area is 105 Å². The van der Waals surface area contributed by atoms with E-state index in [0.29, 0.717) is 11.9 Å². The molecule has 1 unspecified atom stereocenters. The summed E-state index contributed by atoms with van der Waals surface area (Å²) in [6, 6.07) is 0.454. The normalized spacial score (nSPS) is 28.7. The van der Waals surface area contributed by atoms with Gasteiger partial charge in [-0.05, 0) is 45.2 Å². The van der Waals surface area contributed by atoms with E-state index in [2.05, 4.69) is 17.1 Å². The van der Waals surface area contributed by atoms with Crippen LogP contribution in [0.3, 0.4) is 0 Å². The Morgan fingerprint density at radius 3 is 2.59 bits per heavy atom. The molecule has 98 valence electrons. The van der Waals surface area contributed by atoms with Crippen molar-refractivity contribution >= 4 is 5.91 Å². The minimum atomic E-state index is -0.0610. The second-order valence-corrected chi connectivity index (χ2v) is 6.02. The van der Waals surface area contributed by atoms with Gasteiger partial charge in [-0.1, -0.05) is 19.8 Å². The lowest BCUT2D eigenvalue weighted by Gasteiger charge is -2.34. The third-order valence-corrected chi connectivity index (χ3v) is 4.64. The van der Waals surface area contributed by atoms with E-state index < -0.39 is 0 Å². The van der Waals surface area contributed by atoms with Gasteiger partial charge in [0, 0.05) is 18.5 Å². The van der Waals surface area contributed by atoms with Gasteiger partial charge in [-0.25, -0.2) is 0 Å². The Morgan fingerprint density at radius 1 is 1.18 bits per heavy atom. The Balaban J connectivity index is 1.97. The average molecular weight is 238 g/mol. The lowest BCUT2D eigenvalue weighted by molar-refractivity contribution is -0.142. The summed E-state index contributed by atoms with van der Waals surface area (Å²) in [4.78, 5) is 14.6. The first-order valence-corrected chi connectivity index (χ1v) is 7.11. The first-order chi connectivity index (χ1) is 8.13. The third kappa shape index (κ3) is 2.82. The fourth-order valence-corrected chi connectivity index (χ4v) is 3.35. The summed E-state index contributed by atoms with van der Waals surface area (Å²) in [7, 11) is 2.02. The van der Waals surface area contributed by atoms with Gasteiger partial charge < -0.3 is 10.2 Å². The third-order valence-electron chi connectivity index (χ3n) is 4.64. The smallest absolute Gasteiger partial charge is 0.228 e. The SMILES string of the molecule is CN(C(=O)C1(C)CCCC1)C1CCCNCC1. The van der Waals surface area contributed by atoms with Gasteiger partial charge >= 0.3 is 0 Å². The van der Waals surface area contributed by atoms with Gasteiger partial charge in [-0.15, -0.1) is 0 Å². The molecule has 0 radical (unpaired) electrons. The predicted octanol–water partition coefficient (Wildman–Crippen LogP) is 2.17. The van der Waals surface area contributed by atoms with Gasteiger partial charge in [-0.2, -0.15) is 0 Å². The lowest BCUT2D eigenvalue weighted by Crippen LogP contribution is -2.44. The molecule has 1 atom stereocenters. The highest BCUT2D eigenvalue weighted by Gasteiger charge is 2.39. The summed E-state index contributed by atoms with van der Waals surface area (Å²) >= 11 is 0. The molecule has 1 saturated heterocycles. The fourth-order valence-electron chi connectivity index (χ4n) is 3.35. The fraction of sp³-hybridized carbons (Fsp3) is 0.929. The van der Waals surface area contributed by atoms with Crippen LogP contribution >= 0.6 is 0 Å². The van der Waals surface area contributed by atoms with Gasteiger partial charge in [0.1, 0.15) is 0 Å². The van der Waals surface area contributed by atoms with Crippen molar-refractivity contribution < 1.29 is 4.79 Å². The molecule has 1 saturated carbocycles. The van der Waals surface area contributed by atoms with Crippen molar-refractivity contribution in [1.82, 2.24) is 10.2 Å². The highest BCUT2D eigenvalue weighted by molar-refractivity contribution is 5.82. The van der Waals surface area contributed by atoms with E-state index in [1.165, 1.54) is 19.3 Å². The van der Waals surface area contributed by atoms with E-state index in [1.54, 1.807) is 0 Å². The predicted molar refractivity (Wildman–Crippen MR) is 69.9 cm³/mol.